The lowest BCUT2D eigenvalue weighted by molar-refractivity contribution is -0.122. The molecular weight excluding hydrogens is 398 g/mol. The van der Waals surface area contributed by atoms with Crippen molar-refractivity contribution in [2.45, 2.75) is 13.0 Å². The van der Waals surface area contributed by atoms with Crippen LogP contribution < -0.4 is 19.7 Å². The van der Waals surface area contributed by atoms with Gasteiger partial charge in [-0.25, -0.2) is 4.68 Å². The summed E-state index contributed by atoms with van der Waals surface area (Å²) in [5, 5.41) is 7.17. The smallest absolute Gasteiger partial charge is 0.230 e. The van der Waals surface area contributed by atoms with E-state index in [2.05, 4.69) is 15.4 Å². The van der Waals surface area contributed by atoms with E-state index in [4.69, 9.17) is 9.47 Å². The Hall–Kier alpha value is -3.88. The molecule has 2 aliphatic heterocycles. The number of aromatic nitrogens is 3. The monoisotopic (exact) mass is 419 g/mol. The van der Waals surface area contributed by atoms with Gasteiger partial charge in [-0.05, 0) is 24.3 Å². The van der Waals surface area contributed by atoms with Gasteiger partial charge >= 0.3 is 0 Å². The number of pyridine rings is 1. The number of amides is 2. The molecule has 5 rings (SSSR count). The minimum Gasteiger partial charge on any atom is -0.486 e. The lowest BCUT2D eigenvalue weighted by Gasteiger charge is -2.22. The molecule has 31 heavy (non-hydrogen) atoms. The molecule has 0 spiro atoms. The van der Waals surface area contributed by atoms with E-state index in [1.807, 2.05) is 24.3 Å². The third-order valence-electron chi connectivity index (χ3n) is 5.34. The van der Waals surface area contributed by atoms with E-state index < -0.39 is 5.92 Å². The SMILES string of the molecule is O=C(Nc1ccnn1Cc1ccccn1)C1CC(=O)N(c2ccc3c(c2)OCCO3)C1. The molecule has 0 saturated carbocycles. The first-order valence-corrected chi connectivity index (χ1v) is 10.1. The van der Waals surface area contributed by atoms with E-state index >= 15 is 0 Å². The zero-order valence-electron chi connectivity index (χ0n) is 16.7. The second kappa shape index (κ2) is 8.10. The van der Waals surface area contributed by atoms with Crippen LogP contribution >= 0.6 is 0 Å². The van der Waals surface area contributed by atoms with Crippen molar-refractivity contribution in [2.75, 3.05) is 30.0 Å². The molecule has 2 aliphatic rings. The van der Waals surface area contributed by atoms with Crippen LogP contribution in [0.25, 0.3) is 0 Å². The first kappa shape index (κ1) is 19.1. The Morgan fingerprint density at radius 2 is 1.97 bits per heavy atom. The van der Waals surface area contributed by atoms with E-state index in [-0.39, 0.29) is 18.2 Å². The Morgan fingerprint density at radius 3 is 2.81 bits per heavy atom. The Balaban J connectivity index is 1.27. The lowest BCUT2D eigenvalue weighted by Crippen LogP contribution is -2.29. The van der Waals surface area contributed by atoms with Crippen molar-refractivity contribution in [1.82, 2.24) is 14.8 Å². The van der Waals surface area contributed by atoms with Gasteiger partial charge in [0.05, 0.1) is 24.4 Å². The van der Waals surface area contributed by atoms with Gasteiger partial charge in [0.15, 0.2) is 11.5 Å². The van der Waals surface area contributed by atoms with Crippen molar-refractivity contribution in [2.24, 2.45) is 5.92 Å². The van der Waals surface area contributed by atoms with Gasteiger partial charge in [0.2, 0.25) is 11.8 Å². The summed E-state index contributed by atoms with van der Waals surface area (Å²) in [6.45, 7) is 1.73. The molecule has 9 nitrogen and oxygen atoms in total. The highest BCUT2D eigenvalue weighted by Gasteiger charge is 2.36. The number of nitrogens with zero attached hydrogens (tertiary/aromatic N) is 4. The molecule has 1 saturated heterocycles. The summed E-state index contributed by atoms with van der Waals surface area (Å²) in [5.41, 5.74) is 1.53. The van der Waals surface area contributed by atoms with Crippen LogP contribution in [0.2, 0.25) is 0 Å². The van der Waals surface area contributed by atoms with Crippen molar-refractivity contribution >= 4 is 23.3 Å². The summed E-state index contributed by atoms with van der Waals surface area (Å²) < 4.78 is 12.8. The van der Waals surface area contributed by atoms with Crippen molar-refractivity contribution in [3.63, 3.8) is 0 Å². The van der Waals surface area contributed by atoms with Crippen molar-refractivity contribution in [3.8, 4) is 11.5 Å². The van der Waals surface area contributed by atoms with Crippen LogP contribution in [0.3, 0.4) is 0 Å². The first-order chi connectivity index (χ1) is 15.2. The summed E-state index contributed by atoms with van der Waals surface area (Å²) in [7, 11) is 0. The minimum absolute atomic E-state index is 0.0983. The number of rotatable bonds is 5. The zero-order valence-corrected chi connectivity index (χ0v) is 16.7. The molecule has 158 valence electrons. The molecule has 0 aliphatic carbocycles. The highest BCUT2D eigenvalue weighted by atomic mass is 16.6. The maximum Gasteiger partial charge on any atom is 0.230 e. The van der Waals surface area contributed by atoms with Gasteiger partial charge in [-0.3, -0.25) is 14.6 Å². The predicted molar refractivity (Wildman–Crippen MR) is 112 cm³/mol. The molecule has 9 heteroatoms. The number of hydrogen-bond acceptors (Lipinski definition) is 6. The second-order valence-electron chi connectivity index (χ2n) is 7.42. The summed E-state index contributed by atoms with van der Waals surface area (Å²) in [6.07, 6.45) is 3.49. The molecule has 1 unspecified atom stereocenters. The molecule has 1 N–H and O–H groups in total. The third-order valence-corrected chi connectivity index (χ3v) is 5.34. The standard InChI is InChI=1S/C22H21N5O4/c28-21-11-15(13-26(21)17-4-5-18-19(12-17)31-10-9-30-18)22(29)25-20-6-8-24-27(20)14-16-3-1-2-7-23-16/h1-8,12,15H,9-11,13-14H2,(H,25,29). The number of nitrogens with one attached hydrogen (secondary N) is 1. The van der Waals surface area contributed by atoms with Crippen LogP contribution in [0.1, 0.15) is 12.1 Å². The molecule has 2 aromatic heterocycles. The summed E-state index contributed by atoms with van der Waals surface area (Å²) in [6, 6.07) is 12.8. The molecular formula is C22H21N5O4. The van der Waals surface area contributed by atoms with Gasteiger partial charge in [0.1, 0.15) is 19.0 Å². The number of benzene rings is 1. The van der Waals surface area contributed by atoms with Gasteiger partial charge < -0.3 is 19.7 Å². The fourth-order valence-corrected chi connectivity index (χ4v) is 3.77. The minimum atomic E-state index is -0.459. The summed E-state index contributed by atoms with van der Waals surface area (Å²) in [4.78, 5) is 31.4. The second-order valence-corrected chi connectivity index (χ2v) is 7.42. The van der Waals surface area contributed by atoms with Crippen LogP contribution in [0.15, 0.2) is 54.9 Å². The average Bonchev–Trinajstić information content (AvgIpc) is 3.40. The quantitative estimate of drug-likeness (QED) is 0.680. The molecule has 0 radical (unpaired) electrons. The van der Waals surface area contributed by atoms with Crippen LogP contribution in [0, 0.1) is 5.92 Å². The highest BCUT2D eigenvalue weighted by molar-refractivity contribution is 6.03. The molecule has 2 amide bonds. The number of carbonyl (C=O) groups is 2. The Labute approximate surface area is 178 Å². The highest BCUT2D eigenvalue weighted by Crippen LogP contribution is 2.36. The fraction of sp³-hybridized carbons (Fsp3) is 0.273. The van der Waals surface area contributed by atoms with Gasteiger partial charge in [0, 0.05) is 37.0 Å². The summed E-state index contributed by atoms with van der Waals surface area (Å²) >= 11 is 0. The van der Waals surface area contributed by atoms with Gasteiger partial charge in [0.25, 0.3) is 0 Å². The van der Waals surface area contributed by atoms with Gasteiger partial charge in [-0.1, -0.05) is 6.07 Å². The van der Waals surface area contributed by atoms with Crippen LogP contribution in [0.5, 0.6) is 11.5 Å². The largest absolute Gasteiger partial charge is 0.486 e. The lowest BCUT2D eigenvalue weighted by atomic mass is 10.1. The summed E-state index contributed by atoms with van der Waals surface area (Å²) in [5.74, 6) is 1.08. The number of carbonyl (C=O) groups excluding carboxylic acids is 2. The topological polar surface area (TPSA) is 98.6 Å². The molecule has 0 bridgehead atoms. The van der Waals surface area contributed by atoms with E-state index in [0.717, 1.165) is 5.69 Å². The van der Waals surface area contributed by atoms with Crippen molar-refractivity contribution < 1.29 is 19.1 Å². The Kier molecular flexibility index (Phi) is 4.99. The molecule has 1 fully saturated rings. The van der Waals surface area contributed by atoms with Crippen molar-refractivity contribution in [1.29, 1.82) is 0 Å². The molecule has 4 heterocycles. The van der Waals surface area contributed by atoms with Gasteiger partial charge in [-0.15, -0.1) is 0 Å². The number of anilines is 2. The average molecular weight is 419 g/mol. The Bertz CT molecular complexity index is 1110. The number of hydrogen-bond donors (Lipinski definition) is 1. The maximum absolute atomic E-state index is 12.9. The number of fused-ring (bicyclic) bond motifs is 1. The van der Waals surface area contributed by atoms with E-state index in [1.165, 1.54) is 0 Å². The Morgan fingerprint density at radius 1 is 1.10 bits per heavy atom. The van der Waals surface area contributed by atoms with E-state index in [1.54, 1.807) is 40.2 Å². The van der Waals surface area contributed by atoms with Crippen molar-refractivity contribution in [3.05, 3.63) is 60.6 Å². The first-order valence-electron chi connectivity index (χ1n) is 10.1. The molecule has 1 atom stereocenters. The predicted octanol–water partition coefficient (Wildman–Crippen LogP) is 2.09. The third kappa shape index (κ3) is 3.94. The zero-order chi connectivity index (χ0) is 21.2. The molecule has 1 aromatic carbocycles. The van der Waals surface area contributed by atoms with Gasteiger partial charge in [-0.2, -0.15) is 5.10 Å². The normalized spacial score (nSPS) is 17.6. The van der Waals surface area contributed by atoms with Crippen LogP contribution in [0.4, 0.5) is 11.5 Å². The van der Waals surface area contributed by atoms with E-state index in [9.17, 15) is 9.59 Å². The maximum atomic E-state index is 12.9. The van der Waals surface area contributed by atoms with Crippen LogP contribution in [-0.4, -0.2) is 46.3 Å². The van der Waals surface area contributed by atoms with Crippen LogP contribution in [-0.2, 0) is 16.1 Å². The fourth-order valence-electron chi connectivity index (χ4n) is 3.77. The van der Waals surface area contributed by atoms with E-state index in [0.29, 0.717) is 49.3 Å². The number of ether oxygens (including phenoxy) is 2. The molecule has 3 aromatic rings.